The molecule has 2 heterocycles. The molecule has 2 aliphatic rings. The van der Waals surface area contributed by atoms with Crippen LogP contribution in [0.5, 0.6) is 0 Å². The van der Waals surface area contributed by atoms with Crippen LogP contribution in [0.4, 0.5) is 0 Å². The molecule has 0 aromatic carbocycles. The third-order valence-corrected chi connectivity index (χ3v) is 3.67. The van der Waals surface area contributed by atoms with Gasteiger partial charge in [-0.15, -0.1) is 0 Å². The van der Waals surface area contributed by atoms with Gasteiger partial charge in [0, 0.05) is 32.8 Å². The molecule has 2 rings (SSSR count). The summed E-state index contributed by atoms with van der Waals surface area (Å²) >= 11 is 0. The molecule has 0 aromatic rings. The summed E-state index contributed by atoms with van der Waals surface area (Å²) < 4.78 is 5.34. The number of hydrogen-bond acceptors (Lipinski definition) is 4. The molecule has 2 fully saturated rings. The number of nitrogens with one attached hydrogen (secondary N) is 2. The summed E-state index contributed by atoms with van der Waals surface area (Å²) in [6, 6.07) is -0.421. The molecule has 0 spiro atoms. The smallest absolute Gasteiger partial charge is 0.249 e. The normalized spacial score (nSPS) is 25.1. The summed E-state index contributed by atoms with van der Waals surface area (Å²) in [6.07, 6.45) is 1.91. The van der Waals surface area contributed by atoms with Crippen LogP contribution >= 0.6 is 0 Å². The summed E-state index contributed by atoms with van der Waals surface area (Å²) in [6.45, 7) is 5.63. The van der Waals surface area contributed by atoms with E-state index in [1.165, 1.54) is 0 Å². The third-order valence-electron chi connectivity index (χ3n) is 3.67. The van der Waals surface area contributed by atoms with Gasteiger partial charge in [0.25, 0.3) is 0 Å². The molecule has 0 bridgehead atoms. The highest BCUT2D eigenvalue weighted by Gasteiger charge is 2.29. The average Bonchev–Trinajstić information content (AvgIpc) is 2.99. The van der Waals surface area contributed by atoms with Crippen LogP contribution in [0.25, 0.3) is 0 Å². The van der Waals surface area contributed by atoms with E-state index in [-0.39, 0.29) is 17.9 Å². The molecule has 2 N–H and O–H groups in total. The van der Waals surface area contributed by atoms with Gasteiger partial charge in [-0.2, -0.15) is 0 Å². The van der Waals surface area contributed by atoms with Crippen LogP contribution in [-0.4, -0.2) is 61.6 Å². The maximum Gasteiger partial charge on any atom is 0.249 e. The maximum atomic E-state index is 12.3. The Morgan fingerprint density at radius 3 is 2.74 bits per heavy atom. The Labute approximate surface area is 113 Å². The van der Waals surface area contributed by atoms with Crippen LogP contribution in [0.15, 0.2) is 0 Å². The molecule has 0 radical (unpaired) electrons. The molecule has 108 valence electrons. The summed E-state index contributed by atoms with van der Waals surface area (Å²) in [4.78, 5) is 26.1. The Kier molecular flexibility index (Phi) is 5.15. The zero-order chi connectivity index (χ0) is 13.7. The minimum absolute atomic E-state index is 0.0235. The van der Waals surface area contributed by atoms with Gasteiger partial charge in [-0.1, -0.05) is 6.92 Å². The van der Waals surface area contributed by atoms with E-state index in [1.807, 2.05) is 11.8 Å². The van der Waals surface area contributed by atoms with Crippen LogP contribution < -0.4 is 10.6 Å². The van der Waals surface area contributed by atoms with Gasteiger partial charge in [0.2, 0.25) is 11.8 Å². The minimum Gasteiger partial charge on any atom is -0.368 e. The highest BCUT2D eigenvalue weighted by atomic mass is 16.5. The Morgan fingerprint density at radius 1 is 1.42 bits per heavy atom. The van der Waals surface area contributed by atoms with Crippen molar-refractivity contribution in [3.8, 4) is 0 Å². The van der Waals surface area contributed by atoms with E-state index in [0.29, 0.717) is 26.1 Å². The third kappa shape index (κ3) is 3.67. The SMILES string of the molecule is CCC(NC(=O)C1CCCO1)C(=O)N1CCNCC1. The fourth-order valence-corrected chi connectivity index (χ4v) is 2.49. The second-order valence-electron chi connectivity index (χ2n) is 5.05. The van der Waals surface area contributed by atoms with Crippen molar-refractivity contribution in [3.05, 3.63) is 0 Å². The number of rotatable bonds is 4. The molecular formula is C13H23N3O3. The van der Waals surface area contributed by atoms with Crippen LogP contribution in [0.3, 0.4) is 0 Å². The fraction of sp³-hybridized carbons (Fsp3) is 0.846. The zero-order valence-corrected chi connectivity index (χ0v) is 11.5. The molecular weight excluding hydrogens is 246 g/mol. The lowest BCUT2D eigenvalue weighted by Crippen LogP contribution is -2.55. The topological polar surface area (TPSA) is 70.7 Å². The summed E-state index contributed by atoms with van der Waals surface area (Å²) in [5.74, 6) is -0.122. The lowest BCUT2D eigenvalue weighted by atomic mass is 10.1. The van der Waals surface area contributed by atoms with E-state index in [0.717, 1.165) is 25.9 Å². The summed E-state index contributed by atoms with van der Waals surface area (Å²) in [5, 5.41) is 6.04. The van der Waals surface area contributed by atoms with Gasteiger partial charge in [0.1, 0.15) is 12.1 Å². The molecule has 2 aliphatic heterocycles. The number of nitrogens with zero attached hydrogens (tertiary/aromatic N) is 1. The van der Waals surface area contributed by atoms with Crippen molar-refractivity contribution in [2.24, 2.45) is 0 Å². The Morgan fingerprint density at radius 2 is 2.16 bits per heavy atom. The largest absolute Gasteiger partial charge is 0.368 e. The molecule has 2 saturated heterocycles. The van der Waals surface area contributed by atoms with Gasteiger partial charge in [-0.25, -0.2) is 0 Å². The highest BCUT2D eigenvalue weighted by molar-refractivity contribution is 5.89. The van der Waals surface area contributed by atoms with E-state index in [2.05, 4.69) is 10.6 Å². The average molecular weight is 269 g/mol. The van der Waals surface area contributed by atoms with E-state index in [1.54, 1.807) is 0 Å². The van der Waals surface area contributed by atoms with Gasteiger partial charge in [0.05, 0.1) is 0 Å². The second-order valence-corrected chi connectivity index (χ2v) is 5.05. The summed E-state index contributed by atoms with van der Waals surface area (Å²) in [7, 11) is 0. The Hall–Kier alpha value is -1.14. The number of hydrogen-bond donors (Lipinski definition) is 2. The van der Waals surface area contributed by atoms with Crippen molar-refractivity contribution < 1.29 is 14.3 Å². The molecule has 2 atom stereocenters. The first-order valence-electron chi connectivity index (χ1n) is 7.14. The second kappa shape index (κ2) is 6.86. The van der Waals surface area contributed by atoms with Crippen molar-refractivity contribution in [2.45, 2.75) is 38.3 Å². The number of amides is 2. The monoisotopic (exact) mass is 269 g/mol. The molecule has 0 saturated carbocycles. The van der Waals surface area contributed by atoms with Crippen LogP contribution in [0.2, 0.25) is 0 Å². The predicted octanol–water partition coefficient (Wildman–Crippen LogP) is -0.508. The first kappa shape index (κ1) is 14.3. The van der Waals surface area contributed by atoms with Crippen molar-refractivity contribution in [2.75, 3.05) is 32.8 Å². The first-order valence-corrected chi connectivity index (χ1v) is 7.14. The highest BCUT2D eigenvalue weighted by Crippen LogP contribution is 2.12. The molecule has 2 amide bonds. The van der Waals surface area contributed by atoms with Crippen molar-refractivity contribution in [1.29, 1.82) is 0 Å². The standard InChI is InChI=1S/C13H23N3O3/c1-2-10(13(18)16-7-5-14-6-8-16)15-12(17)11-4-3-9-19-11/h10-11,14H,2-9H2,1H3,(H,15,17). The van der Waals surface area contributed by atoms with E-state index in [4.69, 9.17) is 4.74 Å². The van der Waals surface area contributed by atoms with Gasteiger partial charge < -0.3 is 20.3 Å². The lowest BCUT2D eigenvalue weighted by Gasteiger charge is -2.31. The van der Waals surface area contributed by atoms with Crippen molar-refractivity contribution >= 4 is 11.8 Å². The molecule has 19 heavy (non-hydrogen) atoms. The van der Waals surface area contributed by atoms with E-state index < -0.39 is 6.04 Å². The van der Waals surface area contributed by atoms with Gasteiger partial charge in [-0.05, 0) is 19.3 Å². The zero-order valence-electron chi connectivity index (χ0n) is 11.5. The maximum absolute atomic E-state index is 12.3. The van der Waals surface area contributed by atoms with Gasteiger partial charge in [0.15, 0.2) is 0 Å². The van der Waals surface area contributed by atoms with Crippen LogP contribution in [0, 0.1) is 0 Å². The van der Waals surface area contributed by atoms with E-state index >= 15 is 0 Å². The van der Waals surface area contributed by atoms with Gasteiger partial charge in [-0.3, -0.25) is 9.59 Å². The predicted molar refractivity (Wildman–Crippen MR) is 70.6 cm³/mol. The molecule has 6 heteroatoms. The molecule has 6 nitrogen and oxygen atoms in total. The lowest BCUT2D eigenvalue weighted by molar-refractivity contribution is -0.139. The fourth-order valence-electron chi connectivity index (χ4n) is 2.49. The van der Waals surface area contributed by atoms with Crippen LogP contribution in [0.1, 0.15) is 26.2 Å². The quantitative estimate of drug-likeness (QED) is 0.721. The molecule has 0 aliphatic carbocycles. The van der Waals surface area contributed by atoms with Crippen molar-refractivity contribution in [1.82, 2.24) is 15.5 Å². The number of carbonyl (C=O) groups is 2. The van der Waals surface area contributed by atoms with E-state index in [9.17, 15) is 9.59 Å². The molecule has 2 unspecified atom stereocenters. The Balaban J connectivity index is 1.87. The van der Waals surface area contributed by atoms with Gasteiger partial charge >= 0.3 is 0 Å². The summed E-state index contributed by atoms with van der Waals surface area (Å²) in [5.41, 5.74) is 0. The van der Waals surface area contributed by atoms with Crippen LogP contribution in [-0.2, 0) is 14.3 Å². The number of piperazine rings is 1. The number of ether oxygens (including phenoxy) is 1. The van der Waals surface area contributed by atoms with Crippen molar-refractivity contribution in [3.63, 3.8) is 0 Å². The first-order chi connectivity index (χ1) is 9.22. The minimum atomic E-state index is -0.421. The number of carbonyl (C=O) groups excluding carboxylic acids is 2. The molecule has 0 aromatic heterocycles. The Bertz CT molecular complexity index is 323.